The van der Waals surface area contributed by atoms with E-state index in [0.717, 1.165) is 16.6 Å². The third-order valence-electron chi connectivity index (χ3n) is 3.54. The topological polar surface area (TPSA) is 69.6 Å². The zero-order chi connectivity index (χ0) is 15.8. The van der Waals surface area contributed by atoms with Gasteiger partial charge in [0.1, 0.15) is 11.5 Å². The quantitative estimate of drug-likeness (QED) is 0.577. The first-order chi connectivity index (χ1) is 11.2. The van der Waals surface area contributed by atoms with Crippen LogP contribution in [0.4, 0.5) is 10.1 Å². The minimum Gasteiger partial charge on any atom is -0.399 e. The average molecular weight is 305 g/mol. The molecule has 0 unspecified atom stereocenters. The van der Waals surface area contributed by atoms with Crippen molar-refractivity contribution in [2.75, 3.05) is 5.73 Å². The van der Waals surface area contributed by atoms with Crippen molar-refractivity contribution >= 4 is 16.7 Å². The van der Waals surface area contributed by atoms with Crippen LogP contribution in [-0.2, 0) is 0 Å². The Morgan fingerprint density at radius 1 is 1.04 bits per heavy atom. The smallest absolute Gasteiger partial charge is 0.181 e. The molecular weight excluding hydrogens is 293 g/mol. The van der Waals surface area contributed by atoms with E-state index >= 15 is 0 Å². The second-order valence-electron chi connectivity index (χ2n) is 5.14. The summed E-state index contributed by atoms with van der Waals surface area (Å²) >= 11 is 0. The van der Waals surface area contributed by atoms with Crippen LogP contribution in [0, 0.1) is 5.82 Å². The highest BCUT2D eigenvalue weighted by molar-refractivity contribution is 5.80. The van der Waals surface area contributed by atoms with Gasteiger partial charge in [0.15, 0.2) is 5.65 Å². The molecule has 3 aromatic heterocycles. The Kier molecular flexibility index (Phi) is 3.01. The molecule has 0 aliphatic rings. The first kappa shape index (κ1) is 13.4. The highest BCUT2D eigenvalue weighted by Crippen LogP contribution is 2.23. The summed E-state index contributed by atoms with van der Waals surface area (Å²) in [5.74, 6) is -0.392. The van der Waals surface area contributed by atoms with Crippen molar-refractivity contribution in [2.24, 2.45) is 0 Å². The van der Waals surface area contributed by atoms with Gasteiger partial charge in [0.05, 0.1) is 5.69 Å². The fraction of sp³-hybridized carbons (Fsp3) is 0. The lowest BCUT2D eigenvalue weighted by Gasteiger charge is -2.03. The van der Waals surface area contributed by atoms with Gasteiger partial charge < -0.3 is 5.73 Å². The van der Waals surface area contributed by atoms with Crippen molar-refractivity contribution in [1.82, 2.24) is 19.7 Å². The summed E-state index contributed by atoms with van der Waals surface area (Å²) in [5, 5.41) is 5.11. The number of fused-ring (bicyclic) bond motifs is 1. The summed E-state index contributed by atoms with van der Waals surface area (Å²) in [7, 11) is 0. The van der Waals surface area contributed by atoms with Crippen molar-refractivity contribution in [3.8, 4) is 16.9 Å². The van der Waals surface area contributed by atoms with Crippen LogP contribution >= 0.6 is 0 Å². The molecule has 3 heterocycles. The van der Waals surface area contributed by atoms with Crippen molar-refractivity contribution in [1.29, 1.82) is 0 Å². The van der Waals surface area contributed by atoms with Gasteiger partial charge in [-0.25, -0.2) is 14.1 Å². The molecule has 112 valence electrons. The summed E-state index contributed by atoms with van der Waals surface area (Å²) < 4.78 is 15.4. The largest absolute Gasteiger partial charge is 0.399 e. The summed E-state index contributed by atoms with van der Waals surface area (Å²) in [6.07, 6.45) is 5.16. The molecule has 0 atom stereocenters. The number of anilines is 1. The van der Waals surface area contributed by atoms with Crippen LogP contribution in [0.1, 0.15) is 0 Å². The number of rotatable bonds is 2. The maximum atomic E-state index is 14.0. The second kappa shape index (κ2) is 5.17. The Balaban J connectivity index is 1.84. The normalized spacial score (nSPS) is 11.0. The molecule has 2 N–H and O–H groups in total. The third-order valence-corrected chi connectivity index (χ3v) is 3.54. The van der Waals surface area contributed by atoms with Gasteiger partial charge in [-0.15, -0.1) is 5.10 Å². The number of halogens is 1. The van der Waals surface area contributed by atoms with E-state index in [1.165, 1.54) is 16.8 Å². The molecule has 0 saturated heterocycles. The van der Waals surface area contributed by atoms with Gasteiger partial charge in [-0.05, 0) is 36.4 Å². The van der Waals surface area contributed by atoms with Crippen LogP contribution in [-0.4, -0.2) is 19.7 Å². The van der Waals surface area contributed by atoms with Crippen molar-refractivity contribution < 1.29 is 4.39 Å². The van der Waals surface area contributed by atoms with E-state index in [-0.39, 0.29) is 0 Å². The number of hydrogen-bond donors (Lipinski definition) is 1. The SMILES string of the molecule is Nc1ccc(F)c(-n2cc3cc(-c4ccccn4)cnc3n2)c1. The zero-order valence-electron chi connectivity index (χ0n) is 12.0. The molecule has 5 nitrogen and oxygen atoms in total. The molecule has 0 spiro atoms. The molecule has 0 aliphatic heterocycles. The minimum absolute atomic E-state index is 0.294. The number of pyridine rings is 2. The first-order valence-corrected chi connectivity index (χ1v) is 7.03. The maximum absolute atomic E-state index is 14.0. The molecule has 0 amide bonds. The lowest BCUT2D eigenvalue weighted by Crippen LogP contribution is -1.99. The van der Waals surface area contributed by atoms with E-state index in [1.54, 1.807) is 24.7 Å². The molecule has 0 aliphatic carbocycles. The number of nitrogen functional groups attached to an aromatic ring is 1. The van der Waals surface area contributed by atoms with Gasteiger partial charge >= 0.3 is 0 Å². The van der Waals surface area contributed by atoms with Crippen LogP contribution in [0.2, 0.25) is 0 Å². The van der Waals surface area contributed by atoms with Gasteiger partial charge in [-0.3, -0.25) is 4.98 Å². The summed E-state index contributed by atoms with van der Waals surface area (Å²) in [6, 6.07) is 12.0. The van der Waals surface area contributed by atoms with Crippen LogP contribution in [0.5, 0.6) is 0 Å². The van der Waals surface area contributed by atoms with Crippen LogP contribution in [0.3, 0.4) is 0 Å². The van der Waals surface area contributed by atoms with Gasteiger partial charge in [0.2, 0.25) is 0 Å². The van der Waals surface area contributed by atoms with Crippen LogP contribution in [0.25, 0.3) is 28.0 Å². The molecule has 0 saturated carbocycles. The maximum Gasteiger partial charge on any atom is 0.181 e. The van der Waals surface area contributed by atoms with E-state index in [4.69, 9.17) is 5.73 Å². The Morgan fingerprint density at radius 3 is 2.78 bits per heavy atom. The van der Waals surface area contributed by atoms with E-state index in [9.17, 15) is 4.39 Å². The van der Waals surface area contributed by atoms with E-state index in [1.807, 2.05) is 24.3 Å². The summed E-state index contributed by atoms with van der Waals surface area (Å²) in [6.45, 7) is 0. The minimum atomic E-state index is -0.392. The molecular formula is C17H12FN5. The number of nitrogens with zero attached hydrogens (tertiary/aromatic N) is 4. The van der Waals surface area contributed by atoms with Crippen LogP contribution < -0.4 is 5.73 Å². The number of nitrogens with two attached hydrogens (primary N) is 1. The molecule has 23 heavy (non-hydrogen) atoms. The summed E-state index contributed by atoms with van der Waals surface area (Å²) in [4.78, 5) is 8.63. The Morgan fingerprint density at radius 2 is 1.96 bits per heavy atom. The average Bonchev–Trinajstić information content (AvgIpc) is 3.00. The molecule has 0 bridgehead atoms. The second-order valence-corrected chi connectivity index (χ2v) is 5.14. The van der Waals surface area contributed by atoms with Crippen molar-refractivity contribution in [3.63, 3.8) is 0 Å². The highest BCUT2D eigenvalue weighted by atomic mass is 19.1. The molecule has 4 rings (SSSR count). The van der Waals surface area contributed by atoms with E-state index < -0.39 is 5.82 Å². The Hall–Kier alpha value is -3.28. The Labute approximate surface area is 131 Å². The molecule has 0 fully saturated rings. The van der Waals surface area contributed by atoms with Crippen molar-refractivity contribution in [3.05, 3.63) is 66.9 Å². The molecule has 6 heteroatoms. The fourth-order valence-corrected chi connectivity index (χ4v) is 2.42. The van der Waals surface area contributed by atoms with Gasteiger partial charge in [-0.1, -0.05) is 6.07 Å². The molecule has 4 aromatic rings. The lowest BCUT2D eigenvalue weighted by atomic mass is 10.1. The number of benzene rings is 1. The predicted octanol–water partition coefficient (Wildman–Crippen LogP) is 3.20. The summed E-state index contributed by atoms with van der Waals surface area (Å²) in [5.41, 5.74) is 8.73. The fourth-order valence-electron chi connectivity index (χ4n) is 2.42. The molecule has 0 radical (unpaired) electrons. The van der Waals surface area contributed by atoms with Gasteiger partial charge in [-0.2, -0.15) is 0 Å². The highest BCUT2D eigenvalue weighted by Gasteiger charge is 2.10. The number of aromatic nitrogens is 4. The first-order valence-electron chi connectivity index (χ1n) is 7.03. The van der Waals surface area contributed by atoms with E-state index in [2.05, 4.69) is 15.1 Å². The van der Waals surface area contributed by atoms with Gasteiger partial charge in [0, 0.05) is 35.2 Å². The standard InChI is InChI=1S/C17H12FN5/c18-14-5-4-13(19)8-16(14)23-10-12-7-11(9-21-17(12)22-23)15-3-1-2-6-20-15/h1-10H,19H2. The number of hydrogen-bond acceptors (Lipinski definition) is 4. The predicted molar refractivity (Wildman–Crippen MR) is 86.5 cm³/mol. The monoisotopic (exact) mass is 305 g/mol. The van der Waals surface area contributed by atoms with Gasteiger partial charge in [0.25, 0.3) is 0 Å². The lowest BCUT2D eigenvalue weighted by molar-refractivity contribution is 0.612. The Bertz CT molecular complexity index is 994. The molecule has 1 aromatic carbocycles. The zero-order valence-corrected chi connectivity index (χ0v) is 12.0. The van der Waals surface area contributed by atoms with Crippen LogP contribution in [0.15, 0.2) is 61.1 Å². The van der Waals surface area contributed by atoms with E-state index in [0.29, 0.717) is 17.0 Å². The van der Waals surface area contributed by atoms with Crippen molar-refractivity contribution in [2.45, 2.75) is 0 Å². The third kappa shape index (κ3) is 2.40.